The van der Waals surface area contributed by atoms with E-state index in [2.05, 4.69) is 27.2 Å². The molecule has 1 fully saturated rings. The first-order chi connectivity index (χ1) is 11.6. The van der Waals surface area contributed by atoms with E-state index in [1.807, 2.05) is 41.8 Å². The number of carbonyl (C=O) groups excluding carboxylic acids is 1. The van der Waals surface area contributed by atoms with Gasteiger partial charge in [0.15, 0.2) is 0 Å². The van der Waals surface area contributed by atoms with Crippen molar-refractivity contribution in [3.63, 3.8) is 0 Å². The molecule has 2 heterocycles. The van der Waals surface area contributed by atoms with Gasteiger partial charge in [-0.1, -0.05) is 30.3 Å². The van der Waals surface area contributed by atoms with Crippen molar-refractivity contribution < 1.29 is 4.79 Å². The van der Waals surface area contributed by atoms with Gasteiger partial charge in [-0.2, -0.15) is 0 Å². The summed E-state index contributed by atoms with van der Waals surface area (Å²) >= 11 is 0. The quantitative estimate of drug-likeness (QED) is 0.838. The standard InChI is InChI=1S/C18H25N5O/c1-21(11-15-7-4-3-5-8-15)13-17(24)23-10-6-9-16(12-23)18-20-19-14-22(18)2/h3-5,7-8,14,16H,6,9-13H2,1-2H3/t16-/m0/s1. The predicted molar refractivity (Wildman–Crippen MR) is 92.3 cm³/mol. The summed E-state index contributed by atoms with van der Waals surface area (Å²) in [7, 11) is 3.96. The van der Waals surface area contributed by atoms with Crippen LogP contribution in [0.5, 0.6) is 0 Å². The van der Waals surface area contributed by atoms with Crippen LogP contribution in [-0.2, 0) is 18.4 Å². The molecule has 0 unspecified atom stereocenters. The second-order valence-electron chi connectivity index (χ2n) is 6.64. The third kappa shape index (κ3) is 4.00. The highest BCUT2D eigenvalue weighted by Crippen LogP contribution is 2.25. The molecule has 1 atom stereocenters. The summed E-state index contributed by atoms with van der Waals surface area (Å²) in [6.45, 7) is 2.81. The molecule has 2 aromatic rings. The van der Waals surface area contributed by atoms with E-state index in [1.165, 1.54) is 5.56 Å². The van der Waals surface area contributed by atoms with Gasteiger partial charge in [-0.15, -0.1) is 10.2 Å². The van der Waals surface area contributed by atoms with Crippen molar-refractivity contribution in [2.75, 3.05) is 26.7 Å². The molecule has 1 aromatic heterocycles. The van der Waals surface area contributed by atoms with Crippen molar-refractivity contribution in [1.29, 1.82) is 0 Å². The maximum Gasteiger partial charge on any atom is 0.236 e. The van der Waals surface area contributed by atoms with Crippen LogP contribution < -0.4 is 0 Å². The molecule has 128 valence electrons. The maximum absolute atomic E-state index is 12.6. The second kappa shape index (κ2) is 7.57. The Kier molecular flexibility index (Phi) is 5.25. The van der Waals surface area contributed by atoms with Gasteiger partial charge in [0, 0.05) is 32.6 Å². The molecular formula is C18H25N5O. The Morgan fingerprint density at radius 2 is 2.12 bits per heavy atom. The monoisotopic (exact) mass is 327 g/mol. The largest absolute Gasteiger partial charge is 0.341 e. The Bertz CT molecular complexity index is 669. The fraction of sp³-hybridized carbons (Fsp3) is 0.500. The number of amides is 1. The van der Waals surface area contributed by atoms with E-state index in [-0.39, 0.29) is 11.8 Å². The van der Waals surface area contributed by atoms with Gasteiger partial charge in [-0.25, -0.2) is 0 Å². The first-order valence-electron chi connectivity index (χ1n) is 8.47. The van der Waals surface area contributed by atoms with Gasteiger partial charge in [0.2, 0.25) is 5.91 Å². The molecule has 0 N–H and O–H groups in total. The van der Waals surface area contributed by atoms with Crippen LogP contribution in [0.2, 0.25) is 0 Å². The summed E-state index contributed by atoms with van der Waals surface area (Å²) < 4.78 is 1.96. The number of rotatable bonds is 5. The number of aromatic nitrogens is 3. The lowest BCUT2D eigenvalue weighted by Gasteiger charge is -2.33. The van der Waals surface area contributed by atoms with Crippen LogP contribution in [0.4, 0.5) is 0 Å². The molecule has 0 bridgehead atoms. The van der Waals surface area contributed by atoms with Crippen LogP contribution in [-0.4, -0.2) is 57.2 Å². The van der Waals surface area contributed by atoms with Crippen molar-refractivity contribution in [3.05, 3.63) is 48.0 Å². The highest BCUT2D eigenvalue weighted by Gasteiger charge is 2.27. The van der Waals surface area contributed by atoms with Crippen LogP contribution in [0.25, 0.3) is 0 Å². The van der Waals surface area contributed by atoms with E-state index in [0.717, 1.165) is 38.3 Å². The highest BCUT2D eigenvalue weighted by molar-refractivity contribution is 5.78. The molecule has 0 radical (unpaired) electrons. The summed E-state index contributed by atoms with van der Waals surface area (Å²) in [5, 5.41) is 8.18. The summed E-state index contributed by atoms with van der Waals surface area (Å²) in [5.74, 6) is 1.46. The number of benzene rings is 1. The Labute approximate surface area is 143 Å². The number of likely N-dealkylation sites (N-methyl/N-ethyl adjacent to an activating group) is 1. The van der Waals surface area contributed by atoms with Crippen molar-refractivity contribution >= 4 is 5.91 Å². The topological polar surface area (TPSA) is 54.3 Å². The van der Waals surface area contributed by atoms with Gasteiger partial charge in [-0.3, -0.25) is 9.69 Å². The minimum Gasteiger partial charge on any atom is -0.341 e. The Morgan fingerprint density at radius 1 is 1.33 bits per heavy atom. The highest BCUT2D eigenvalue weighted by atomic mass is 16.2. The normalized spacial score (nSPS) is 18.1. The first kappa shape index (κ1) is 16.6. The van der Waals surface area contributed by atoms with Crippen LogP contribution >= 0.6 is 0 Å². The average molecular weight is 327 g/mol. The van der Waals surface area contributed by atoms with Crippen LogP contribution in [0.3, 0.4) is 0 Å². The van der Waals surface area contributed by atoms with E-state index in [9.17, 15) is 4.79 Å². The Balaban J connectivity index is 1.55. The van der Waals surface area contributed by atoms with E-state index in [0.29, 0.717) is 6.54 Å². The number of hydrogen-bond acceptors (Lipinski definition) is 4. The minimum absolute atomic E-state index is 0.195. The fourth-order valence-corrected chi connectivity index (χ4v) is 3.36. The molecule has 0 spiro atoms. The third-order valence-corrected chi connectivity index (χ3v) is 4.59. The molecule has 24 heavy (non-hydrogen) atoms. The van der Waals surface area contributed by atoms with Crippen molar-refractivity contribution in [1.82, 2.24) is 24.6 Å². The lowest BCUT2D eigenvalue weighted by molar-refractivity contribution is -0.133. The van der Waals surface area contributed by atoms with E-state index >= 15 is 0 Å². The SMILES string of the molecule is CN(CC(=O)N1CCC[C@H](c2nncn2C)C1)Cc1ccccc1. The van der Waals surface area contributed by atoms with Crippen molar-refractivity contribution in [3.8, 4) is 0 Å². The Hall–Kier alpha value is -2.21. The number of hydrogen-bond donors (Lipinski definition) is 0. The third-order valence-electron chi connectivity index (χ3n) is 4.59. The zero-order chi connectivity index (χ0) is 16.9. The first-order valence-corrected chi connectivity index (χ1v) is 8.47. The van der Waals surface area contributed by atoms with Crippen molar-refractivity contribution in [2.24, 2.45) is 7.05 Å². The van der Waals surface area contributed by atoms with Gasteiger partial charge in [0.1, 0.15) is 12.2 Å². The summed E-state index contributed by atoms with van der Waals surface area (Å²) in [6, 6.07) is 10.2. The molecule has 0 saturated carbocycles. The van der Waals surface area contributed by atoms with Gasteiger partial charge in [-0.05, 0) is 25.5 Å². The number of carbonyl (C=O) groups is 1. The number of aryl methyl sites for hydroxylation is 1. The maximum atomic E-state index is 12.6. The fourth-order valence-electron chi connectivity index (χ4n) is 3.36. The average Bonchev–Trinajstić information content (AvgIpc) is 3.02. The van der Waals surface area contributed by atoms with Gasteiger partial charge in [0.25, 0.3) is 0 Å². The van der Waals surface area contributed by atoms with E-state index < -0.39 is 0 Å². The smallest absolute Gasteiger partial charge is 0.236 e. The molecule has 1 saturated heterocycles. The molecule has 1 aromatic carbocycles. The van der Waals surface area contributed by atoms with Gasteiger partial charge >= 0.3 is 0 Å². The molecule has 6 nitrogen and oxygen atoms in total. The predicted octanol–water partition coefficient (Wildman–Crippen LogP) is 1.65. The van der Waals surface area contributed by atoms with Crippen molar-refractivity contribution in [2.45, 2.75) is 25.3 Å². The molecule has 1 amide bonds. The second-order valence-corrected chi connectivity index (χ2v) is 6.64. The lowest BCUT2D eigenvalue weighted by atomic mass is 9.97. The number of piperidine rings is 1. The van der Waals surface area contributed by atoms with Gasteiger partial charge in [0.05, 0.1) is 6.54 Å². The summed E-state index contributed by atoms with van der Waals surface area (Å²) in [4.78, 5) is 16.7. The molecule has 1 aliphatic rings. The molecule has 0 aliphatic carbocycles. The summed E-state index contributed by atoms with van der Waals surface area (Å²) in [6.07, 6.45) is 3.81. The van der Waals surface area contributed by atoms with Crippen LogP contribution in [0.1, 0.15) is 30.1 Å². The zero-order valence-electron chi connectivity index (χ0n) is 14.4. The molecular weight excluding hydrogens is 302 g/mol. The summed E-state index contributed by atoms with van der Waals surface area (Å²) in [5.41, 5.74) is 1.23. The molecule has 3 rings (SSSR count). The Morgan fingerprint density at radius 3 is 2.83 bits per heavy atom. The molecule has 6 heteroatoms. The van der Waals surface area contributed by atoms with E-state index in [4.69, 9.17) is 0 Å². The molecule has 1 aliphatic heterocycles. The van der Waals surface area contributed by atoms with Crippen LogP contribution in [0, 0.1) is 0 Å². The minimum atomic E-state index is 0.195. The number of nitrogens with zero attached hydrogens (tertiary/aromatic N) is 5. The van der Waals surface area contributed by atoms with E-state index in [1.54, 1.807) is 6.33 Å². The zero-order valence-corrected chi connectivity index (χ0v) is 14.4. The lowest BCUT2D eigenvalue weighted by Crippen LogP contribution is -2.44. The van der Waals surface area contributed by atoms with Crippen LogP contribution in [0.15, 0.2) is 36.7 Å². The van der Waals surface area contributed by atoms with Gasteiger partial charge < -0.3 is 9.47 Å². The number of likely N-dealkylation sites (tertiary alicyclic amines) is 1.